The molecule has 0 saturated heterocycles. The molecule has 0 radical (unpaired) electrons. The number of hydrogen-bond donors (Lipinski definition) is 1. The van der Waals surface area contributed by atoms with E-state index in [1.165, 1.54) is 5.56 Å². The van der Waals surface area contributed by atoms with Crippen LogP contribution < -0.4 is 5.32 Å². The van der Waals surface area contributed by atoms with Gasteiger partial charge in [-0.25, -0.2) is 0 Å². The Kier molecular flexibility index (Phi) is 6.15. The van der Waals surface area contributed by atoms with Gasteiger partial charge in [-0.05, 0) is 11.5 Å². The summed E-state index contributed by atoms with van der Waals surface area (Å²) in [5.74, 6) is 0.328. The lowest BCUT2D eigenvalue weighted by Gasteiger charge is -2.13. The van der Waals surface area contributed by atoms with Crippen molar-refractivity contribution in [3.05, 3.63) is 35.9 Å². The summed E-state index contributed by atoms with van der Waals surface area (Å²) in [4.78, 5) is 0. The number of rotatable bonds is 7. The molecule has 0 aromatic heterocycles. The van der Waals surface area contributed by atoms with Gasteiger partial charge in [0.2, 0.25) is 0 Å². The third-order valence-corrected chi connectivity index (χ3v) is 2.51. The van der Waals surface area contributed by atoms with Gasteiger partial charge in [-0.3, -0.25) is 0 Å². The van der Waals surface area contributed by atoms with Crippen molar-refractivity contribution in [2.75, 3.05) is 26.3 Å². The molecule has 2 nitrogen and oxygen atoms in total. The summed E-state index contributed by atoms with van der Waals surface area (Å²) < 4.78 is 39.8. The van der Waals surface area contributed by atoms with Crippen LogP contribution in [0.25, 0.3) is 0 Å². The maximum atomic E-state index is 11.8. The maximum Gasteiger partial charge on any atom is 0.411 e. The zero-order valence-corrected chi connectivity index (χ0v) is 10.3. The Balaban J connectivity index is 2.08. The van der Waals surface area contributed by atoms with Crippen LogP contribution in [-0.4, -0.2) is 32.5 Å². The van der Waals surface area contributed by atoms with Crippen LogP contribution in [0.3, 0.4) is 0 Å². The van der Waals surface area contributed by atoms with Gasteiger partial charge in [0.05, 0.1) is 6.61 Å². The lowest BCUT2D eigenvalue weighted by Crippen LogP contribution is -2.26. The Bertz CT molecular complexity index is 327. The van der Waals surface area contributed by atoms with Gasteiger partial charge in [0.25, 0.3) is 0 Å². The van der Waals surface area contributed by atoms with Crippen molar-refractivity contribution in [3.63, 3.8) is 0 Å². The molecule has 1 aromatic rings. The lowest BCUT2D eigenvalue weighted by molar-refractivity contribution is -0.173. The van der Waals surface area contributed by atoms with Crippen molar-refractivity contribution in [2.45, 2.75) is 19.0 Å². The molecule has 1 atom stereocenters. The molecule has 0 aliphatic heterocycles. The molecule has 1 unspecified atom stereocenters. The summed E-state index contributed by atoms with van der Waals surface area (Å²) in [6, 6.07) is 9.96. The van der Waals surface area contributed by atoms with E-state index < -0.39 is 12.8 Å². The topological polar surface area (TPSA) is 21.3 Å². The molecule has 0 aliphatic rings. The molecule has 0 saturated carbocycles. The average Bonchev–Trinajstić information content (AvgIpc) is 2.33. The van der Waals surface area contributed by atoms with Crippen molar-refractivity contribution >= 4 is 0 Å². The molecule has 5 heteroatoms. The summed E-state index contributed by atoms with van der Waals surface area (Å²) in [5.41, 5.74) is 1.21. The van der Waals surface area contributed by atoms with Crippen LogP contribution in [0.15, 0.2) is 30.3 Å². The van der Waals surface area contributed by atoms with Gasteiger partial charge in [0, 0.05) is 13.1 Å². The number of hydrogen-bond acceptors (Lipinski definition) is 2. The van der Waals surface area contributed by atoms with Gasteiger partial charge in [0.15, 0.2) is 0 Å². The molecule has 102 valence electrons. The van der Waals surface area contributed by atoms with E-state index in [0.717, 1.165) is 6.54 Å². The third kappa shape index (κ3) is 6.61. The van der Waals surface area contributed by atoms with Crippen molar-refractivity contribution in [3.8, 4) is 0 Å². The maximum absolute atomic E-state index is 11.8. The smallest absolute Gasteiger partial charge is 0.371 e. The second-order valence-electron chi connectivity index (χ2n) is 4.18. The first-order chi connectivity index (χ1) is 8.49. The molecular formula is C13H18F3NO. The van der Waals surface area contributed by atoms with Crippen molar-refractivity contribution in [1.82, 2.24) is 5.32 Å². The standard InChI is InChI=1S/C13H18F3NO/c1-11(12-5-3-2-4-6-12)9-17-7-8-18-10-13(14,15)16/h2-6,11,17H,7-10H2,1H3. The van der Waals surface area contributed by atoms with Gasteiger partial charge in [0.1, 0.15) is 6.61 Å². The highest BCUT2D eigenvalue weighted by Gasteiger charge is 2.27. The highest BCUT2D eigenvalue weighted by molar-refractivity contribution is 5.18. The predicted molar refractivity (Wildman–Crippen MR) is 64.6 cm³/mol. The van der Waals surface area contributed by atoms with Crippen LogP contribution in [0.1, 0.15) is 18.4 Å². The van der Waals surface area contributed by atoms with Gasteiger partial charge < -0.3 is 10.1 Å². The Morgan fingerprint density at radius 3 is 2.50 bits per heavy atom. The van der Waals surface area contributed by atoms with Gasteiger partial charge in [-0.2, -0.15) is 13.2 Å². The van der Waals surface area contributed by atoms with Crippen LogP contribution in [0.4, 0.5) is 13.2 Å². The van der Waals surface area contributed by atoms with Crippen LogP contribution >= 0.6 is 0 Å². The molecule has 0 bridgehead atoms. The van der Waals surface area contributed by atoms with Gasteiger partial charge in [-0.1, -0.05) is 37.3 Å². The van der Waals surface area contributed by atoms with Crippen LogP contribution in [-0.2, 0) is 4.74 Å². The van der Waals surface area contributed by atoms with E-state index >= 15 is 0 Å². The fourth-order valence-electron chi connectivity index (χ4n) is 1.55. The fraction of sp³-hybridized carbons (Fsp3) is 0.538. The SMILES string of the molecule is CC(CNCCOCC(F)(F)F)c1ccccc1. The monoisotopic (exact) mass is 261 g/mol. The molecule has 0 spiro atoms. The second kappa shape index (κ2) is 7.38. The van der Waals surface area contributed by atoms with E-state index in [-0.39, 0.29) is 6.61 Å². The molecular weight excluding hydrogens is 243 g/mol. The fourth-order valence-corrected chi connectivity index (χ4v) is 1.55. The lowest BCUT2D eigenvalue weighted by atomic mass is 10.0. The van der Waals surface area contributed by atoms with Crippen molar-refractivity contribution < 1.29 is 17.9 Å². The highest BCUT2D eigenvalue weighted by Crippen LogP contribution is 2.14. The average molecular weight is 261 g/mol. The first-order valence-electron chi connectivity index (χ1n) is 5.89. The summed E-state index contributed by atoms with van der Waals surface area (Å²) in [5, 5.41) is 3.08. The van der Waals surface area contributed by atoms with E-state index in [2.05, 4.69) is 17.0 Å². The molecule has 0 heterocycles. The molecule has 0 aliphatic carbocycles. The van der Waals surface area contributed by atoms with E-state index in [9.17, 15) is 13.2 Å². The minimum atomic E-state index is -4.24. The molecule has 1 rings (SSSR count). The summed E-state index contributed by atoms with van der Waals surface area (Å²) in [7, 11) is 0. The van der Waals surface area contributed by atoms with Crippen LogP contribution in [0.2, 0.25) is 0 Å². The number of halogens is 3. The Morgan fingerprint density at radius 1 is 1.22 bits per heavy atom. The van der Waals surface area contributed by atoms with Gasteiger partial charge in [-0.15, -0.1) is 0 Å². The van der Waals surface area contributed by atoms with E-state index in [4.69, 9.17) is 0 Å². The first-order valence-corrected chi connectivity index (χ1v) is 5.89. The Hall–Kier alpha value is -1.07. The minimum Gasteiger partial charge on any atom is -0.371 e. The van der Waals surface area contributed by atoms with Gasteiger partial charge >= 0.3 is 6.18 Å². The third-order valence-electron chi connectivity index (χ3n) is 2.51. The van der Waals surface area contributed by atoms with Crippen LogP contribution in [0, 0.1) is 0 Å². The number of benzene rings is 1. The zero-order chi connectivity index (χ0) is 13.4. The van der Waals surface area contributed by atoms with E-state index in [1.54, 1.807) is 0 Å². The molecule has 1 aromatic carbocycles. The summed E-state index contributed by atoms with van der Waals surface area (Å²) in [6.07, 6.45) is -4.24. The largest absolute Gasteiger partial charge is 0.411 e. The number of nitrogens with one attached hydrogen (secondary N) is 1. The summed E-state index contributed by atoms with van der Waals surface area (Å²) >= 11 is 0. The van der Waals surface area contributed by atoms with Crippen molar-refractivity contribution in [1.29, 1.82) is 0 Å². The molecule has 0 fully saturated rings. The molecule has 18 heavy (non-hydrogen) atoms. The van der Waals surface area contributed by atoms with Crippen molar-refractivity contribution in [2.24, 2.45) is 0 Å². The quantitative estimate of drug-likeness (QED) is 0.762. The molecule has 1 N–H and O–H groups in total. The first kappa shape index (κ1) is 15.0. The normalized spacial score (nSPS) is 13.6. The highest BCUT2D eigenvalue weighted by atomic mass is 19.4. The predicted octanol–water partition coefficient (Wildman–Crippen LogP) is 2.96. The second-order valence-corrected chi connectivity index (χ2v) is 4.18. The Morgan fingerprint density at radius 2 is 1.89 bits per heavy atom. The van der Waals surface area contributed by atoms with E-state index in [0.29, 0.717) is 12.5 Å². The zero-order valence-electron chi connectivity index (χ0n) is 10.3. The number of alkyl halides is 3. The van der Waals surface area contributed by atoms with Crippen LogP contribution in [0.5, 0.6) is 0 Å². The van der Waals surface area contributed by atoms with E-state index in [1.807, 2.05) is 30.3 Å². The summed E-state index contributed by atoms with van der Waals surface area (Å²) in [6.45, 7) is 2.11. The number of ether oxygens (including phenoxy) is 1. The minimum absolute atomic E-state index is 0.0705. The molecule has 0 amide bonds. The Labute approximate surface area is 105 Å².